The first-order valence-corrected chi connectivity index (χ1v) is 17.8. The van der Waals surface area contributed by atoms with Gasteiger partial charge in [-0.3, -0.25) is 0 Å². The van der Waals surface area contributed by atoms with Crippen molar-refractivity contribution in [2.24, 2.45) is 0 Å². The normalized spacial score (nSPS) is 11.8. The molecule has 0 saturated carbocycles. The minimum atomic E-state index is -2.36. The molecule has 1 aromatic heterocycles. The minimum absolute atomic E-state index is 0.950. The SMILES string of the molecule is CCC[CH2][Sn]([CH2]CCC)([CH2]CCC)[c]1cn(Cc2ccccc2)cn1. The predicted octanol–water partition coefficient (Wildman–Crippen LogP) is 5.99. The summed E-state index contributed by atoms with van der Waals surface area (Å²) in [6.07, 6.45) is 12.7. The molecule has 0 fully saturated rings. The summed E-state index contributed by atoms with van der Waals surface area (Å²) in [6.45, 7) is 7.96. The summed E-state index contributed by atoms with van der Waals surface area (Å²) >= 11 is -2.36. The molecule has 0 saturated heterocycles. The van der Waals surface area contributed by atoms with E-state index < -0.39 is 18.4 Å². The number of benzene rings is 1. The second-order valence-electron chi connectivity index (χ2n) is 7.51. The van der Waals surface area contributed by atoms with Gasteiger partial charge in [0.25, 0.3) is 0 Å². The van der Waals surface area contributed by atoms with Gasteiger partial charge < -0.3 is 0 Å². The molecule has 0 unspecified atom stereocenters. The number of nitrogens with zero attached hydrogens (tertiary/aromatic N) is 2. The van der Waals surface area contributed by atoms with Crippen LogP contribution in [0.4, 0.5) is 0 Å². The molecular formula is C22H36N2Sn. The average molecular weight is 447 g/mol. The molecule has 2 nitrogen and oxygen atoms in total. The molecule has 0 aliphatic rings. The van der Waals surface area contributed by atoms with Gasteiger partial charge in [-0.1, -0.05) is 0 Å². The summed E-state index contributed by atoms with van der Waals surface area (Å²) in [5, 5.41) is 0. The Labute approximate surface area is 158 Å². The molecule has 0 bridgehead atoms. The Morgan fingerprint density at radius 3 is 1.92 bits per heavy atom. The molecule has 1 heterocycles. The van der Waals surface area contributed by atoms with Crippen molar-refractivity contribution in [3.63, 3.8) is 0 Å². The number of hydrogen-bond acceptors (Lipinski definition) is 1. The van der Waals surface area contributed by atoms with E-state index in [0.717, 1.165) is 6.54 Å². The van der Waals surface area contributed by atoms with Crippen molar-refractivity contribution in [1.29, 1.82) is 0 Å². The molecule has 0 aliphatic heterocycles. The summed E-state index contributed by atoms with van der Waals surface area (Å²) in [5.74, 6) is 0. The van der Waals surface area contributed by atoms with E-state index in [-0.39, 0.29) is 0 Å². The van der Waals surface area contributed by atoms with Crippen molar-refractivity contribution < 1.29 is 0 Å². The Bertz CT molecular complexity index is 569. The number of hydrogen-bond donors (Lipinski definition) is 0. The van der Waals surface area contributed by atoms with Gasteiger partial charge in [0.2, 0.25) is 0 Å². The van der Waals surface area contributed by atoms with Gasteiger partial charge in [-0.2, -0.15) is 0 Å². The van der Waals surface area contributed by atoms with Gasteiger partial charge in [-0.15, -0.1) is 0 Å². The molecule has 1 aromatic carbocycles. The average Bonchev–Trinajstić information content (AvgIpc) is 3.11. The molecule has 3 heteroatoms. The summed E-state index contributed by atoms with van der Waals surface area (Å²) in [4.78, 5) is 5.00. The van der Waals surface area contributed by atoms with E-state index in [1.165, 1.54) is 57.4 Å². The van der Waals surface area contributed by atoms with E-state index in [9.17, 15) is 0 Å². The maximum atomic E-state index is 5.00. The van der Waals surface area contributed by atoms with Crippen molar-refractivity contribution >= 4 is 22.1 Å². The van der Waals surface area contributed by atoms with Crippen LogP contribution in [0.15, 0.2) is 42.9 Å². The van der Waals surface area contributed by atoms with Gasteiger partial charge in [0.1, 0.15) is 0 Å². The van der Waals surface area contributed by atoms with E-state index in [1.807, 2.05) is 0 Å². The number of imidazole rings is 1. The summed E-state index contributed by atoms with van der Waals surface area (Å²) in [5.41, 5.74) is 1.36. The quantitative estimate of drug-likeness (QED) is 0.366. The zero-order chi connectivity index (χ0) is 18.0. The summed E-state index contributed by atoms with van der Waals surface area (Å²) in [7, 11) is 0. The van der Waals surface area contributed by atoms with Crippen molar-refractivity contribution in [2.45, 2.75) is 79.2 Å². The Balaban J connectivity index is 2.22. The van der Waals surface area contributed by atoms with Gasteiger partial charge in [-0.25, -0.2) is 0 Å². The van der Waals surface area contributed by atoms with Crippen LogP contribution in [0, 0.1) is 0 Å². The molecule has 25 heavy (non-hydrogen) atoms. The number of aromatic nitrogens is 2. The maximum absolute atomic E-state index is 5.00. The third-order valence-electron chi connectivity index (χ3n) is 5.41. The molecule has 0 atom stereocenters. The van der Waals surface area contributed by atoms with Crippen LogP contribution in [0.5, 0.6) is 0 Å². The van der Waals surface area contributed by atoms with Crippen LogP contribution in [-0.2, 0) is 6.54 Å². The third kappa shape index (κ3) is 6.16. The van der Waals surface area contributed by atoms with Gasteiger partial charge in [0.15, 0.2) is 0 Å². The van der Waals surface area contributed by atoms with Crippen molar-refractivity contribution in [3.8, 4) is 0 Å². The van der Waals surface area contributed by atoms with Crippen LogP contribution in [-0.4, -0.2) is 27.9 Å². The van der Waals surface area contributed by atoms with Crippen molar-refractivity contribution in [2.75, 3.05) is 0 Å². The third-order valence-corrected chi connectivity index (χ3v) is 20.5. The van der Waals surface area contributed by atoms with Crippen molar-refractivity contribution in [1.82, 2.24) is 9.55 Å². The molecule has 2 aromatic rings. The molecule has 138 valence electrons. The van der Waals surface area contributed by atoms with Gasteiger partial charge in [-0.05, 0) is 0 Å². The first-order chi connectivity index (χ1) is 12.2. The monoisotopic (exact) mass is 448 g/mol. The van der Waals surface area contributed by atoms with E-state index in [1.54, 1.807) is 3.71 Å². The van der Waals surface area contributed by atoms with Crippen LogP contribution >= 0.6 is 0 Å². The zero-order valence-electron chi connectivity index (χ0n) is 16.5. The summed E-state index contributed by atoms with van der Waals surface area (Å²) < 4.78 is 8.34. The van der Waals surface area contributed by atoms with Gasteiger partial charge in [0, 0.05) is 0 Å². The fourth-order valence-corrected chi connectivity index (χ4v) is 19.2. The van der Waals surface area contributed by atoms with Crippen LogP contribution in [0.2, 0.25) is 13.3 Å². The predicted molar refractivity (Wildman–Crippen MR) is 112 cm³/mol. The molecule has 0 radical (unpaired) electrons. The molecular weight excluding hydrogens is 411 g/mol. The van der Waals surface area contributed by atoms with E-state index in [4.69, 9.17) is 4.98 Å². The fourth-order valence-electron chi connectivity index (χ4n) is 3.82. The van der Waals surface area contributed by atoms with E-state index in [2.05, 4.69) is 68.2 Å². The standard InChI is InChI=1S/C10H9N2.3C4H9.Sn/c1-2-4-10(5-3-1)8-12-7-6-11-9-12;3*1-3-4-2;/h1-5,7,9H,8H2;3*1,3-4H2,2H3;. The summed E-state index contributed by atoms with van der Waals surface area (Å²) in [6, 6.07) is 10.8. The van der Waals surface area contributed by atoms with E-state index >= 15 is 0 Å². The first-order valence-electron chi connectivity index (χ1n) is 10.3. The fraction of sp³-hybridized carbons (Fsp3) is 0.591. The second-order valence-corrected chi connectivity index (χ2v) is 20.6. The first kappa shape index (κ1) is 20.5. The van der Waals surface area contributed by atoms with Gasteiger partial charge in [0.05, 0.1) is 0 Å². The Morgan fingerprint density at radius 1 is 0.840 bits per heavy atom. The molecule has 0 spiro atoms. The molecule has 0 aliphatic carbocycles. The van der Waals surface area contributed by atoms with Crippen LogP contribution in [0.3, 0.4) is 0 Å². The topological polar surface area (TPSA) is 17.8 Å². The molecule has 0 amide bonds. The zero-order valence-corrected chi connectivity index (χ0v) is 19.4. The van der Waals surface area contributed by atoms with Crippen LogP contribution in [0.25, 0.3) is 0 Å². The van der Waals surface area contributed by atoms with Crippen molar-refractivity contribution in [3.05, 3.63) is 48.4 Å². The van der Waals surface area contributed by atoms with Crippen LogP contribution < -0.4 is 3.71 Å². The molecule has 2 rings (SSSR count). The Hall–Kier alpha value is -0.771. The molecule has 0 N–H and O–H groups in total. The van der Waals surface area contributed by atoms with E-state index in [0.29, 0.717) is 0 Å². The number of rotatable bonds is 12. The second kappa shape index (κ2) is 11.1. The Kier molecular flexibility index (Phi) is 9.08. The Morgan fingerprint density at radius 2 is 1.40 bits per heavy atom. The van der Waals surface area contributed by atoms with Gasteiger partial charge >= 0.3 is 159 Å². The van der Waals surface area contributed by atoms with Crippen LogP contribution in [0.1, 0.15) is 64.9 Å². The number of unbranched alkanes of at least 4 members (excludes halogenated alkanes) is 3.